The van der Waals surface area contributed by atoms with Gasteiger partial charge in [-0.25, -0.2) is 0 Å². The molecule has 0 spiro atoms. The first-order valence-corrected chi connectivity index (χ1v) is 6.11. The predicted molar refractivity (Wildman–Crippen MR) is 73.7 cm³/mol. The van der Waals surface area contributed by atoms with Crippen LogP contribution in [0.15, 0.2) is 24.3 Å². The molecule has 2 heteroatoms. The van der Waals surface area contributed by atoms with Crippen LogP contribution in [-0.2, 0) is 6.42 Å². The number of aromatic hydroxyl groups is 1. The van der Waals surface area contributed by atoms with Crippen molar-refractivity contribution in [1.29, 1.82) is 0 Å². The van der Waals surface area contributed by atoms with Crippen molar-refractivity contribution in [3.63, 3.8) is 0 Å². The molecule has 0 aliphatic rings. The minimum atomic E-state index is 0. The summed E-state index contributed by atoms with van der Waals surface area (Å²) in [5.74, 6) is 0.363. The van der Waals surface area contributed by atoms with E-state index < -0.39 is 0 Å². The molecule has 1 aromatic rings. The van der Waals surface area contributed by atoms with Crippen LogP contribution in [0.25, 0.3) is 0 Å². The second-order valence-electron chi connectivity index (χ2n) is 4.18. The second kappa shape index (κ2) is 10.7. The van der Waals surface area contributed by atoms with Gasteiger partial charge in [0, 0.05) is 0 Å². The summed E-state index contributed by atoms with van der Waals surface area (Å²) in [7, 11) is 0. The number of aryl methyl sites for hydroxylation is 1. The molecule has 0 amide bonds. The number of hydrogen-bond acceptors (Lipinski definition) is 1. The fourth-order valence-electron chi connectivity index (χ4n) is 1.77. The predicted octanol–water partition coefficient (Wildman–Crippen LogP) is 3.38. The third-order valence-electron chi connectivity index (χ3n) is 2.76. The zero-order valence-corrected chi connectivity index (χ0v) is 9.71. The molecule has 0 saturated carbocycles. The SMILES string of the molecule is CCCCCCCCc1ccc(O)cc1.[BaH2]. The molecular weight excluding hydrogens is 321 g/mol. The standard InChI is InChI=1S/C14H22O.Ba.2H/c1-2-3-4-5-6-7-8-13-9-11-14(15)12-10-13;;;/h9-12,15H,2-8H2,1H3;;;. The molecule has 1 nitrogen and oxygen atoms in total. The molecule has 0 bridgehead atoms. The Labute approximate surface area is 140 Å². The van der Waals surface area contributed by atoms with E-state index in [1.165, 1.54) is 44.1 Å². The van der Waals surface area contributed by atoms with Crippen molar-refractivity contribution in [3.8, 4) is 5.75 Å². The Bertz CT molecular complexity index is 256. The summed E-state index contributed by atoms with van der Waals surface area (Å²) < 4.78 is 0. The molecule has 0 aliphatic heterocycles. The minimum absolute atomic E-state index is 0. The fraction of sp³-hybridized carbons (Fsp3) is 0.571. The van der Waals surface area contributed by atoms with Gasteiger partial charge in [0.15, 0.2) is 0 Å². The summed E-state index contributed by atoms with van der Waals surface area (Å²) in [6.45, 7) is 2.25. The van der Waals surface area contributed by atoms with E-state index in [0.717, 1.165) is 6.42 Å². The van der Waals surface area contributed by atoms with Gasteiger partial charge in [0.2, 0.25) is 0 Å². The van der Waals surface area contributed by atoms with Gasteiger partial charge in [0.1, 0.15) is 5.75 Å². The summed E-state index contributed by atoms with van der Waals surface area (Å²) in [4.78, 5) is 0. The van der Waals surface area contributed by atoms with Crippen molar-refractivity contribution in [2.45, 2.75) is 51.9 Å². The van der Waals surface area contributed by atoms with E-state index in [9.17, 15) is 0 Å². The Hall–Kier alpha value is 0.591. The van der Waals surface area contributed by atoms with Crippen molar-refractivity contribution >= 4 is 48.9 Å². The third kappa shape index (κ3) is 7.80. The number of benzene rings is 1. The molecular formula is C14H24BaO. The average Bonchev–Trinajstić information content (AvgIpc) is 2.26. The van der Waals surface area contributed by atoms with Crippen LogP contribution in [0.2, 0.25) is 0 Å². The van der Waals surface area contributed by atoms with Gasteiger partial charge in [-0.05, 0) is 30.5 Å². The molecule has 0 heterocycles. The van der Waals surface area contributed by atoms with Crippen LogP contribution in [-0.4, -0.2) is 54.0 Å². The monoisotopic (exact) mass is 346 g/mol. The van der Waals surface area contributed by atoms with Gasteiger partial charge in [-0.3, -0.25) is 0 Å². The Morgan fingerprint density at radius 2 is 1.44 bits per heavy atom. The summed E-state index contributed by atoms with van der Waals surface area (Å²) >= 11 is 0. The normalized spacial score (nSPS) is 9.81. The van der Waals surface area contributed by atoms with Gasteiger partial charge in [-0.1, -0.05) is 51.2 Å². The van der Waals surface area contributed by atoms with Crippen LogP contribution in [0, 0.1) is 0 Å². The number of rotatable bonds is 7. The number of phenols is 1. The molecule has 0 unspecified atom stereocenters. The van der Waals surface area contributed by atoms with E-state index in [-0.39, 0.29) is 48.9 Å². The molecule has 1 N–H and O–H groups in total. The van der Waals surface area contributed by atoms with E-state index in [0.29, 0.717) is 5.75 Å². The van der Waals surface area contributed by atoms with Crippen LogP contribution in [0.1, 0.15) is 51.0 Å². The molecule has 0 atom stereocenters. The molecule has 0 fully saturated rings. The Morgan fingerprint density at radius 1 is 0.875 bits per heavy atom. The first-order chi connectivity index (χ1) is 7.33. The van der Waals surface area contributed by atoms with E-state index in [1.54, 1.807) is 12.1 Å². The zero-order chi connectivity index (χ0) is 10.9. The first kappa shape index (κ1) is 16.6. The van der Waals surface area contributed by atoms with Gasteiger partial charge in [-0.2, -0.15) is 0 Å². The summed E-state index contributed by atoms with van der Waals surface area (Å²) in [6.07, 6.45) is 9.19. The van der Waals surface area contributed by atoms with Crippen molar-refractivity contribution < 1.29 is 5.11 Å². The van der Waals surface area contributed by atoms with Gasteiger partial charge < -0.3 is 5.11 Å². The fourth-order valence-corrected chi connectivity index (χ4v) is 1.77. The topological polar surface area (TPSA) is 20.2 Å². The Balaban J connectivity index is 0.00000225. The van der Waals surface area contributed by atoms with E-state index in [2.05, 4.69) is 6.92 Å². The third-order valence-corrected chi connectivity index (χ3v) is 2.76. The number of phenolic OH excluding ortho intramolecular Hbond substituents is 1. The Kier molecular flexibility index (Phi) is 11.1. The number of unbranched alkanes of at least 4 members (excludes halogenated alkanes) is 5. The van der Waals surface area contributed by atoms with Crippen LogP contribution in [0.3, 0.4) is 0 Å². The average molecular weight is 346 g/mol. The maximum absolute atomic E-state index is 9.13. The van der Waals surface area contributed by atoms with Crippen LogP contribution >= 0.6 is 0 Å². The van der Waals surface area contributed by atoms with Crippen molar-refractivity contribution in [3.05, 3.63) is 29.8 Å². The number of hydrogen-bond donors (Lipinski definition) is 1. The quantitative estimate of drug-likeness (QED) is 0.593. The van der Waals surface area contributed by atoms with Crippen molar-refractivity contribution in [2.75, 3.05) is 0 Å². The van der Waals surface area contributed by atoms with Gasteiger partial charge in [0.05, 0.1) is 0 Å². The summed E-state index contributed by atoms with van der Waals surface area (Å²) in [5.41, 5.74) is 1.34. The second-order valence-corrected chi connectivity index (χ2v) is 4.18. The van der Waals surface area contributed by atoms with Crippen molar-refractivity contribution in [1.82, 2.24) is 0 Å². The summed E-state index contributed by atoms with van der Waals surface area (Å²) in [6, 6.07) is 7.57. The molecule has 0 aromatic heterocycles. The zero-order valence-electron chi connectivity index (χ0n) is 9.71. The summed E-state index contributed by atoms with van der Waals surface area (Å²) in [5, 5.41) is 9.13. The van der Waals surface area contributed by atoms with Gasteiger partial charge >= 0.3 is 48.9 Å². The first-order valence-electron chi connectivity index (χ1n) is 6.11. The molecule has 16 heavy (non-hydrogen) atoms. The molecule has 1 aromatic carbocycles. The van der Waals surface area contributed by atoms with E-state index in [4.69, 9.17) is 5.11 Å². The van der Waals surface area contributed by atoms with E-state index >= 15 is 0 Å². The Morgan fingerprint density at radius 3 is 2.06 bits per heavy atom. The van der Waals surface area contributed by atoms with Gasteiger partial charge in [-0.15, -0.1) is 0 Å². The molecule has 0 saturated heterocycles. The van der Waals surface area contributed by atoms with E-state index in [1.807, 2.05) is 12.1 Å². The van der Waals surface area contributed by atoms with Crippen molar-refractivity contribution in [2.24, 2.45) is 0 Å². The molecule has 0 radical (unpaired) electrons. The molecule has 0 aliphatic carbocycles. The van der Waals surface area contributed by atoms with Crippen LogP contribution in [0.4, 0.5) is 0 Å². The van der Waals surface area contributed by atoms with Crippen LogP contribution < -0.4 is 0 Å². The van der Waals surface area contributed by atoms with Crippen LogP contribution in [0.5, 0.6) is 5.75 Å². The maximum atomic E-state index is 9.13. The molecule has 1 rings (SSSR count). The van der Waals surface area contributed by atoms with Gasteiger partial charge in [0.25, 0.3) is 0 Å². The molecule has 88 valence electrons.